The van der Waals surface area contributed by atoms with Gasteiger partial charge in [0, 0.05) is 11.6 Å². The molecule has 0 N–H and O–H groups in total. The number of Topliss-reactive ketones (excluding diaryl/α,β-unsaturated/α-hetero) is 1. The molecule has 0 unspecified atom stereocenters. The van der Waals surface area contributed by atoms with Crippen LogP contribution in [0.15, 0.2) is 54.6 Å². The summed E-state index contributed by atoms with van der Waals surface area (Å²) in [5, 5.41) is 0. The van der Waals surface area contributed by atoms with E-state index < -0.39 is 0 Å². The fourth-order valence-electron chi connectivity index (χ4n) is 4.21. The van der Waals surface area contributed by atoms with Crippen LogP contribution in [0.4, 0.5) is 5.69 Å². The Balaban J connectivity index is 1.49. The first-order chi connectivity index (χ1) is 13.5. The number of carbonyl (C=O) groups is 3. The Morgan fingerprint density at radius 3 is 2.54 bits per heavy atom. The van der Waals surface area contributed by atoms with Crippen molar-refractivity contribution >= 4 is 23.3 Å². The Bertz CT molecular complexity index is 908. The van der Waals surface area contributed by atoms with Crippen LogP contribution in [0.25, 0.3) is 0 Å². The SMILES string of the molecule is C[C@@H]1CC[C@@H]2C(=O)N(c3cccc(OCC(=O)c4ccccc4)c3)C(=O)[C@H]2C1. The Hall–Kier alpha value is -2.95. The molecule has 28 heavy (non-hydrogen) atoms. The summed E-state index contributed by atoms with van der Waals surface area (Å²) in [6.07, 6.45) is 2.53. The van der Waals surface area contributed by atoms with E-state index in [1.54, 1.807) is 48.5 Å². The minimum Gasteiger partial charge on any atom is -0.485 e. The zero-order chi connectivity index (χ0) is 19.7. The van der Waals surface area contributed by atoms with Gasteiger partial charge in [-0.15, -0.1) is 0 Å². The minimum atomic E-state index is -0.208. The number of ketones is 1. The van der Waals surface area contributed by atoms with E-state index in [1.165, 1.54) is 4.90 Å². The predicted octanol–water partition coefficient (Wildman–Crippen LogP) is 3.87. The molecule has 0 radical (unpaired) electrons. The number of benzene rings is 2. The molecule has 144 valence electrons. The molecule has 1 saturated heterocycles. The van der Waals surface area contributed by atoms with Crippen LogP contribution < -0.4 is 9.64 Å². The molecule has 1 aliphatic heterocycles. The number of fused-ring (bicyclic) bond motifs is 1. The van der Waals surface area contributed by atoms with Crippen LogP contribution in [0, 0.1) is 17.8 Å². The summed E-state index contributed by atoms with van der Waals surface area (Å²) in [6.45, 7) is 2.03. The number of rotatable bonds is 5. The maximum Gasteiger partial charge on any atom is 0.237 e. The van der Waals surface area contributed by atoms with Gasteiger partial charge in [-0.1, -0.05) is 43.3 Å². The number of carbonyl (C=O) groups excluding carboxylic acids is 3. The highest BCUT2D eigenvalue weighted by Gasteiger charge is 2.49. The van der Waals surface area contributed by atoms with Crippen molar-refractivity contribution in [3.05, 3.63) is 60.2 Å². The molecule has 2 fully saturated rings. The quantitative estimate of drug-likeness (QED) is 0.586. The van der Waals surface area contributed by atoms with E-state index in [-0.39, 0.29) is 36.0 Å². The van der Waals surface area contributed by atoms with Crippen molar-refractivity contribution in [2.75, 3.05) is 11.5 Å². The molecule has 0 spiro atoms. The number of nitrogens with zero attached hydrogens (tertiary/aromatic N) is 1. The Morgan fingerprint density at radius 1 is 1.00 bits per heavy atom. The molecule has 1 aliphatic carbocycles. The monoisotopic (exact) mass is 377 g/mol. The van der Waals surface area contributed by atoms with Crippen molar-refractivity contribution in [3.63, 3.8) is 0 Å². The summed E-state index contributed by atoms with van der Waals surface area (Å²) in [4.78, 5) is 39.2. The number of hydrogen-bond donors (Lipinski definition) is 0. The van der Waals surface area contributed by atoms with Gasteiger partial charge >= 0.3 is 0 Å². The van der Waals surface area contributed by atoms with E-state index in [1.807, 2.05) is 6.07 Å². The van der Waals surface area contributed by atoms with E-state index in [0.717, 1.165) is 19.3 Å². The second kappa shape index (κ2) is 7.58. The predicted molar refractivity (Wildman–Crippen MR) is 105 cm³/mol. The van der Waals surface area contributed by atoms with Gasteiger partial charge in [-0.05, 0) is 37.3 Å². The third-order valence-corrected chi connectivity index (χ3v) is 5.73. The van der Waals surface area contributed by atoms with Crippen LogP contribution >= 0.6 is 0 Å². The lowest BCUT2D eigenvalue weighted by atomic mass is 9.76. The van der Waals surface area contributed by atoms with Gasteiger partial charge in [0.05, 0.1) is 17.5 Å². The molecule has 0 bridgehead atoms. The second-order valence-corrected chi connectivity index (χ2v) is 7.72. The normalized spacial score (nSPS) is 24.2. The zero-order valence-corrected chi connectivity index (χ0v) is 15.8. The Labute approximate surface area is 164 Å². The summed E-state index contributed by atoms with van der Waals surface area (Å²) in [7, 11) is 0. The van der Waals surface area contributed by atoms with Crippen molar-refractivity contribution in [2.45, 2.75) is 26.2 Å². The molecule has 2 aromatic carbocycles. The van der Waals surface area contributed by atoms with Crippen LogP contribution in [0.1, 0.15) is 36.5 Å². The molecule has 1 saturated carbocycles. The first-order valence-electron chi connectivity index (χ1n) is 9.73. The lowest BCUT2D eigenvalue weighted by molar-refractivity contribution is -0.122. The van der Waals surface area contributed by atoms with Crippen LogP contribution in [-0.2, 0) is 9.59 Å². The van der Waals surface area contributed by atoms with Crippen molar-refractivity contribution in [2.24, 2.45) is 17.8 Å². The van der Waals surface area contributed by atoms with Crippen LogP contribution in [0.3, 0.4) is 0 Å². The van der Waals surface area contributed by atoms with Crippen LogP contribution in [-0.4, -0.2) is 24.2 Å². The van der Waals surface area contributed by atoms with E-state index in [4.69, 9.17) is 4.74 Å². The highest BCUT2D eigenvalue weighted by molar-refractivity contribution is 6.22. The van der Waals surface area contributed by atoms with Gasteiger partial charge in [-0.2, -0.15) is 0 Å². The van der Waals surface area contributed by atoms with Crippen LogP contribution in [0.5, 0.6) is 5.75 Å². The Morgan fingerprint density at radius 2 is 1.75 bits per heavy atom. The van der Waals surface area contributed by atoms with Crippen molar-refractivity contribution in [3.8, 4) is 5.75 Å². The third kappa shape index (κ3) is 3.44. The lowest BCUT2D eigenvalue weighted by Crippen LogP contribution is -2.30. The molecule has 2 aliphatic rings. The van der Waals surface area contributed by atoms with Crippen molar-refractivity contribution in [1.82, 2.24) is 0 Å². The highest BCUT2D eigenvalue weighted by Crippen LogP contribution is 2.42. The minimum absolute atomic E-state index is 0.0991. The number of ether oxygens (including phenoxy) is 1. The average molecular weight is 377 g/mol. The first-order valence-corrected chi connectivity index (χ1v) is 9.73. The molecular formula is C23H23NO4. The standard InChI is InChI=1S/C23H23NO4/c1-15-10-11-19-20(12-15)23(27)24(22(19)26)17-8-5-9-18(13-17)28-14-21(25)16-6-3-2-4-7-16/h2-9,13,15,19-20H,10-12,14H2,1H3/t15-,19+,20+/m1/s1. The molecular weight excluding hydrogens is 354 g/mol. The molecule has 3 atom stereocenters. The fourth-order valence-corrected chi connectivity index (χ4v) is 4.21. The molecule has 5 nitrogen and oxygen atoms in total. The average Bonchev–Trinajstić information content (AvgIpc) is 2.96. The van der Waals surface area contributed by atoms with E-state index in [2.05, 4.69) is 6.92 Å². The molecule has 1 heterocycles. The van der Waals surface area contributed by atoms with E-state index in [0.29, 0.717) is 22.9 Å². The van der Waals surface area contributed by atoms with Gasteiger partial charge in [0.1, 0.15) is 5.75 Å². The molecule has 4 rings (SSSR count). The smallest absolute Gasteiger partial charge is 0.237 e. The van der Waals surface area contributed by atoms with Gasteiger partial charge < -0.3 is 4.74 Å². The van der Waals surface area contributed by atoms with E-state index in [9.17, 15) is 14.4 Å². The zero-order valence-electron chi connectivity index (χ0n) is 15.8. The number of imide groups is 1. The van der Waals surface area contributed by atoms with Gasteiger partial charge in [0.2, 0.25) is 11.8 Å². The largest absolute Gasteiger partial charge is 0.485 e. The molecule has 2 aromatic rings. The molecule has 2 amide bonds. The highest BCUT2D eigenvalue weighted by atomic mass is 16.5. The summed E-state index contributed by atoms with van der Waals surface area (Å²) < 4.78 is 5.63. The fraction of sp³-hybridized carbons (Fsp3) is 0.348. The van der Waals surface area contributed by atoms with Gasteiger partial charge in [-0.25, -0.2) is 4.90 Å². The summed E-state index contributed by atoms with van der Waals surface area (Å²) in [6, 6.07) is 15.8. The maximum atomic E-state index is 12.9. The summed E-state index contributed by atoms with van der Waals surface area (Å²) in [5.41, 5.74) is 1.10. The van der Waals surface area contributed by atoms with Crippen molar-refractivity contribution < 1.29 is 19.1 Å². The number of anilines is 1. The van der Waals surface area contributed by atoms with Gasteiger partial charge in [0.15, 0.2) is 12.4 Å². The maximum absolute atomic E-state index is 12.9. The molecule has 5 heteroatoms. The van der Waals surface area contributed by atoms with Gasteiger partial charge in [-0.3, -0.25) is 14.4 Å². The van der Waals surface area contributed by atoms with Crippen molar-refractivity contribution in [1.29, 1.82) is 0 Å². The number of amides is 2. The number of hydrogen-bond acceptors (Lipinski definition) is 4. The molecule has 0 aromatic heterocycles. The summed E-state index contributed by atoms with van der Waals surface area (Å²) >= 11 is 0. The second-order valence-electron chi connectivity index (χ2n) is 7.72. The lowest BCUT2D eigenvalue weighted by Gasteiger charge is -2.25. The van der Waals surface area contributed by atoms with E-state index >= 15 is 0 Å². The van der Waals surface area contributed by atoms with Crippen LogP contribution in [0.2, 0.25) is 0 Å². The first kappa shape index (κ1) is 18.4. The third-order valence-electron chi connectivity index (χ3n) is 5.73. The summed E-state index contributed by atoms with van der Waals surface area (Å²) in [5.74, 6) is 0.175. The topological polar surface area (TPSA) is 63.7 Å². The Kier molecular flexibility index (Phi) is 4.99. The van der Waals surface area contributed by atoms with Gasteiger partial charge in [0.25, 0.3) is 0 Å².